The van der Waals surface area contributed by atoms with Crippen LogP contribution >= 0.6 is 0 Å². The molecule has 1 fully saturated rings. The number of nitrogens with one attached hydrogen (secondary N) is 2. The number of fused-ring (bicyclic) bond motifs is 1. The number of rotatable bonds is 4. The van der Waals surface area contributed by atoms with E-state index < -0.39 is 29.1 Å². The zero-order valence-corrected chi connectivity index (χ0v) is 16.4. The molecule has 3 aromatic rings. The molecule has 2 N–H and O–H groups in total. The Hall–Kier alpha value is -3.23. The Balaban J connectivity index is 1.88. The summed E-state index contributed by atoms with van der Waals surface area (Å²) in [5.74, 6) is 0.0269. The number of carbonyl (C=O) groups excluding carboxylic acids is 1. The predicted octanol–water partition coefficient (Wildman–Crippen LogP) is 3.22. The second-order valence-corrected chi connectivity index (χ2v) is 8.14. The molecule has 1 saturated carbocycles. The van der Waals surface area contributed by atoms with Gasteiger partial charge in [-0.1, -0.05) is 6.07 Å². The molecule has 2 aromatic heterocycles. The number of alkyl carbamates (subject to hydrolysis) is 1. The number of nitrogens with zero attached hydrogens (tertiary/aromatic N) is 3. The molecule has 1 aromatic carbocycles. The van der Waals surface area contributed by atoms with Gasteiger partial charge in [-0.05, 0) is 51.7 Å². The number of amides is 1. The van der Waals surface area contributed by atoms with Crippen molar-refractivity contribution in [3.63, 3.8) is 0 Å². The lowest BCUT2D eigenvalue weighted by Gasteiger charge is -2.25. The van der Waals surface area contributed by atoms with E-state index in [4.69, 9.17) is 4.74 Å². The third-order valence-corrected chi connectivity index (χ3v) is 4.63. The largest absolute Gasteiger partial charge is 0.444 e. The van der Waals surface area contributed by atoms with Gasteiger partial charge in [0.05, 0.1) is 11.4 Å². The molecule has 0 spiro atoms. The Kier molecular flexibility index (Phi) is 4.60. The Labute approximate surface area is 166 Å². The molecule has 0 radical (unpaired) electrons. The second kappa shape index (κ2) is 6.98. The molecule has 4 rings (SSSR count). The topological polar surface area (TPSA) is 102 Å². The summed E-state index contributed by atoms with van der Waals surface area (Å²) in [6.07, 6.45) is 2.67. The summed E-state index contributed by atoms with van der Waals surface area (Å²) in [6, 6.07) is 5.25. The minimum atomic E-state index is -0.678. The van der Waals surface area contributed by atoms with Crippen molar-refractivity contribution in [3.05, 3.63) is 52.5 Å². The molecule has 2 heterocycles. The summed E-state index contributed by atoms with van der Waals surface area (Å²) >= 11 is 0. The van der Waals surface area contributed by atoms with Gasteiger partial charge in [-0.25, -0.2) is 18.7 Å². The maximum Gasteiger partial charge on any atom is 0.408 e. The van der Waals surface area contributed by atoms with E-state index in [2.05, 4.69) is 20.5 Å². The number of H-pyrrole nitrogens is 1. The molecular formula is C20H22FN5O3. The van der Waals surface area contributed by atoms with E-state index in [1.165, 1.54) is 22.8 Å². The number of para-hydroxylation sites is 1. The molecule has 1 aliphatic carbocycles. The van der Waals surface area contributed by atoms with Gasteiger partial charge in [0.25, 0.3) is 5.56 Å². The van der Waals surface area contributed by atoms with Gasteiger partial charge >= 0.3 is 6.09 Å². The molecule has 1 unspecified atom stereocenters. The molecule has 0 aliphatic heterocycles. The third-order valence-electron chi connectivity index (χ3n) is 4.63. The van der Waals surface area contributed by atoms with Crippen molar-refractivity contribution in [2.45, 2.75) is 45.3 Å². The lowest BCUT2D eigenvalue weighted by atomic mass is 10.1. The Morgan fingerprint density at radius 2 is 2.10 bits per heavy atom. The first-order valence-electron chi connectivity index (χ1n) is 9.45. The van der Waals surface area contributed by atoms with Crippen LogP contribution < -0.4 is 10.9 Å². The minimum Gasteiger partial charge on any atom is -0.444 e. The van der Waals surface area contributed by atoms with Gasteiger partial charge in [-0.3, -0.25) is 9.89 Å². The van der Waals surface area contributed by atoms with E-state index >= 15 is 0 Å². The van der Waals surface area contributed by atoms with Gasteiger partial charge in [0, 0.05) is 12.3 Å². The zero-order valence-electron chi connectivity index (χ0n) is 16.4. The van der Waals surface area contributed by atoms with Crippen molar-refractivity contribution >= 4 is 17.0 Å². The SMILES string of the molecule is CC(C)(C)OC(=O)NC(c1nc2c(F)cccc2c(=O)n1-c1cc[nH]n1)C1CC1. The Bertz CT molecular complexity index is 1110. The quantitative estimate of drug-likeness (QED) is 0.701. The van der Waals surface area contributed by atoms with Crippen LogP contribution in [0.5, 0.6) is 0 Å². The van der Waals surface area contributed by atoms with E-state index in [0.29, 0.717) is 5.82 Å². The minimum absolute atomic E-state index is 0.0316. The van der Waals surface area contributed by atoms with Crippen molar-refractivity contribution < 1.29 is 13.9 Å². The van der Waals surface area contributed by atoms with Crippen molar-refractivity contribution in [2.75, 3.05) is 0 Å². The van der Waals surface area contributed by atoms with Crippen LogP contribution in [-0.2, 0) is 4.74 Å². The van der Waals surface area contributed by atoms with E-state index in [1.54, 1.807) is 33.0 Å². The molecule has 0 saturated heterocycles. The summed E-state index contributed by atoms with van der Waals surface area (Å²) in [5, 5.41) is 9.74. The number of aromatic amines is 1. The zero-order chi connectivity index (χ0) is 20.8. The van der Waals surface area contributed by atoms with Gasteiger partial charge in [0.1, 0.15) is 22.8 Å². The van der Waals surface area contributed by atoms with Crippen LogP contribution in [0.1, 0.15) is 45.5 Å². The van der Waals surface area contributed by atoms with Crippen molar-refractivity contribution in [1.82, 2.24) is 25.1 Å². The fourth-order valence-corrected chi connectivity index (χ4v) is 3.25. The highest BCUT2D eigenvalue weighted by molar-refractivity contribution is 5.78. The number of carbonyl (C=O) groups is 1. The third kappa shape index (κ3) is 3.85. The number of aromatic nitrogens is 4. The number of benzene rings is 1. The predicted molar refractivity (Wildman–Crippen MR) is 104 cm³/mol. The lowest BCUT2D eigenvalue weighted by molar-refractivity contribution is 0.0493. The highest BCUT2D eigenvalue weighted by Gasteiger charge is 2.38. The average molecular weight is 399 g/mol. The smallest absolute Gasteiger partial charge is 0.408 e. The van der Waals surface area contributed by atoms with Crippen molar-refractivity contribution in [3.8, 4) is 5.82 Å². The fraction of sp³-hybridized carbons (Fsp3) is 0.400. The molecule has 8 nitrogen and oxygen atoms in total. The molecule has 0 bridgehead atoms. The highest BCUT2D eigenvalue weighted by Crippen LogP contribution is 2.41. The first-order chi connectivity index (χ1) is 13.7. The molecule has 1 aliphatic rings. The first kappa shape index (κ1) is 19.1. The molecule has 1 atom stereocenters. The average Bonchev–Trinajstić information content (AvgIpc) is 3.33. The van der Waals surface area contributed by atoms with Crippen LogP contribution in [0.2, 0.25) is 0 Å². The normalized spacial score (nSPS) is 15.3. The van der Waals surface area contributed by atoms with Crippen LogP contribution in [-0.4, -0.2) is 31.4 Å². The van der Waals surface area contributed by atoms with Gasteiger partial charge in [0.2, 0.25) is 0 Å². The van der Waals surface area contributed by atoms with E-state index in [0.717, 1.165) is 12.8 Å². The monoisotopic (exact) mass is 399 g/mol. The summed E-state index contributed by atoms with van der Waals surface area (Å²) < 4.78 is 21.1. The molecule has 9 heteroatoms. The first-order valence-corrected chi connectivity index (χ1v) is 9.45. The summed E-state index contributed by atoms with van der Waals surface area (Å²) in [7, 11) is 0. The Morgan fingerprint density at radius 1 is 1.34 bits per heavy atom. The van der Waals surface area contributed by atoms with Crippen LogP contribution in [0.3, 0.4) is 0 Å². The van der Waals surface area contributed by atoms with Crippen LogP contribution in [0.4, 0.5) is 9.18 Å². The van der Waals surface area contributed by atoms with E-state index in [1.807, 2.05) is 0 Å². The fourth-order valence-electron chi connectivity index (χ4n) is 3.25. The molecular weight excluding hydrogens is 377 g/mol. The van der Waals surface area contributed by atoms with Gasteiger partial charge in [-0.2, -0.15) is 5.10 Å². The Morgan fingerprint density at radius 3 is 2.72 bits per heavy atom. The molecule has 1 amide bonds. The number of hydrogen-bond donors (Lipinski definition) is 2. The second-order valence-electron chi connectivity index (χ2n) is 8.14. The van der Waals surface area contributed by atoms with Crippen LogP contribution in [0.25, 0.3) is 16.7 Å². The van der Waals surface area contributed by atoms with Gasteiger partial charge < -0.3 is 10.1 Å². The number of hydrogen-bond acceptors (Lipinski definition) is 5. The summed E-state index contributed by atoms with van der Waals surface area (Å²) in [5.41, 5.74) is -1.16. The number of ether oxygens (including phenoxy) is 1. The van der Waals surface area contributed by atoms with Crippen molar-refractivity contribution in [1.29, 1.82) is 0 Å². The molecule has 152 valence electrons. The van der Waals surface area contributed by atoms with Crippen molar-refractivity contribution in [2.24, 2.45) is 5.92 Å². The standard InChI is InChI=1S/C20H22FN5O3/c1-20(2,3)29-19(28)24-15(11-7-8-11)17-23-16-12(5-4-6-13(16)21)18(27)26(17)14-9-10-22-25-14/h4-6,9-11,15H,7-8H2,1-3H3,(H,22,25)(H,24,28). The maximum absolute atomic E-state index is 14.4. The highest BCUT2D eigenvalue weighted by atomic mass is 19.1. The summed E-state index contributed by atoms with van der Waals surface area (Å²) in [4.78, 5) is 30.1. The molecule has 29 heavy (non-hydrogen) atoms. The van der Waals surface area contributed by atoms with Gasteiger partial charge in [0.15, 0.2) is 5.82 Å². The van der Waals surface area contributed by atoms with Crippen LogP contribution in [0, 0.1) is 11.7 Å². The van der Waals surface area contributed by atoms with Gasteiger partial charge in [-0.15, -0.1) is 0 Å². The maximum atomic E-state index is 14.4. The van der Waals surface area contributed by atoms with E-state index in [-0.39, 0.29) is 22.6 Å². The summed E-state index contributed by atoms with van der Waals surface area (Å²) in [6.45, 7) is 5.30. The van der Waals surface area contributed by atoms with Crippen LogP contribution in [0.15, 0.2) is 35.3 Å². The number of halogens is 1. The lowest BCUT2D eigenvalue weighted by Crippen LogP contribution is -2.39. The van der Waals surface area contributed by atoms with E-state index in [9.17, 15) is 14.0 Å².